The van der Waals surface area contributed by atoms with E-state index in [9.17, 15) is 14.7 Å². The monoisotopic (exact) mass is 578 g/mol. The predicted octanol–water partition coefficient (Wildman–Crippen LogP) is 10.6. The Morgan fingerprint density at radius 1 is 0.585 bits per heavy atom. The summed E-state index contributed by atoms with van der Waals surface area (Å²) in [4.78, 5) is 23.0. The van der Waals surface area contributed by atoms with Gasteiger partial charge in [0.1, 0.15) is 6.10 Å². The maximum absolute atomic E-state index is 12.5. The first-order chi connectivity index (χ1) is 20.0. The summed E-state index contributed by atoms with van der Waals surface area (Å²) in [7, 11) is 0. The Bertz CT molecular complexity index is 642. The number of rotatable bonds is 31. The minimum Gasteiger partial charge on any atom is -0.481 e. The highest BCUT2D eigenvalue weighted by Gasteiger charge is 2.13. The second kappa shape index (κ2) is 31.3. The van der Waals surface area contributed by atoms with Crippen molar-refractivity contribution < 1.29 is 24.5 Å². The summed E-state index contributed by atoms with van der Waals surface area (Å²) >= 11 is 0. The zero-order valence-corrected chi connectivity index (χ0v) is 27.0. The quantitative estimate of drug-likeness (QED) is 0.0485. The lowest BCUT2D eigenvalue weighted by molar-refractivity contribution is -0.149. The molecule has 5 heteroatoms. The van der Waals surface area contributed by atoms with Crippen molar-refractivity contribution in [3.8, 4) is 0 Å². The van der Waals surface area contributed by atoms with Crippen LogP contribution < -0.4 is 0 Å². The summed E-state index contributed by atoms with van der Waals surface area (Å²) in [5.74, 6) is -0.745. The van der Waals surface area contributed by atoms with Crippen LogP contribution in [0.2, 0.25) is 0 Å². The number of aliphatic carboxylic acids is 1. The van der Waals surface area contributed by atoms with Crippen LogP contribution in [0.25, 0.3) is 0 Å². The molecule has 0 rings (SSSR count). The van der Waals surface area contributed by atoms with Gasteiger partial charge in [-0.3, -0.25) is 9.59 Å². The molecule has 0 saturated carbocycles. The van der Waals surface area contributed by atoms with Gasteiger partial charge in [0.15, 0.2) is 0 Å². The Hall–Kier alpha value is -1.62. The molecule has 0 aliphatic carbocycles. The van der Waals surface area contributed by atoms with Crippen molar-refractivity contribution in [2.75, 3.05) is 0 Å². The van der Waals surface area contributed by atoms with E-state index in [0.29, 0.717) is 6.42 Å². The Morgan fingerprint density at radius 2 is 1.07 bits per heavy atom. The van der Waals surface area contributed by atoms with E-state index in [1.807, 2.05) is 0 Å². The van der Waals surface area contributed by atoms with Gasteiger partial charge in [0.2, 0.25) is 0 Å². The normalized spacial score (nSPS) is 13.2. The number of hydrogen-bond acceptors (Lipinski definition) is 4. The molecule has 0 aromatic heterocycles. The van der Waals surface area contributed by atoms with Crippen LogP contribution in [-0.4, -0.2) is 34.4 Å². The van der Waals surface area contributed by atoms with Crippen LogP contribution in [0, 0.1) is 0 Å². The Kier molecular flexibility index (Phi) is 30.1. The van der Waals surface area contributed by atoms with Gasteiger partial charge >= 0.3 is 11.9 Å². The van der Waals surface area contributed by atoms with Crippen molar-refractivity contribution in [3.05, 3.63) is 24.3 Å². The molecule has 41 heavy (non-hydrogen) atoms. The van der Waals surface area contributed by atoms with E-state index in [1.165, 1.54) is 51.4 Å². The molecular formula is C36H66O5. The first-order valence-electron chi connectivity index (χ1n) is 17.4. The number of ether oxygens (including phenoxy) is 1. The number of aliphatic hydroxyl groups is 1. The molecule has 0 saturated heterocycles. The fourth-order valence-corrected chi connectivity index (χ4v) is 5.06. The van der Waals surface area contributed by atoms with Gasteiger partial charge in [-0.1, -0.05) is 122 Å². The minimum atomic E-state index is -0.700. The first kappa shape index (κ1) is 39.4. The second-order valence-electron chi connectivity index (χ2n) is 11.9. The molecule has 0 bridgehead atoms. The van der Waals surface area contributed by atoms with Crippen molar-refractivity contribution in [2.45, 2.75) is 193 Å². The third-order valence-corrected chi connectivity index (χ3v) is 7.72. The van der Waals surface area contributed by atoms with Crippen LogP contribution in [0.1, 0.15) is 181 Å². The van der Waals surface area contributed by atoms with E-state index in [4.69, 9.17) is 9.84 Å². The molecule has 0 aromatic carbocycles. The number of carbonyl (C=O) groups is 2. The molecule has 5 nitrogen and oxygen atoms in total. The zero-order valence-electron chi connectivity index (χ0n) is 27.0. The lowest BCUT2D eigenvalue weighted by Crippen LogP contribution is -2.17. The van der Waals surface area contributed by atoms with Crippen LogP contribution in [0.5, 0.6) is 0 Å². The molecule has 2 atom stereocenters. The Morgan fingerprint density at radius 3 is 1.66 bits per heavy atom. The number of esters is 1. The average molecular weight is 579 g/mol. The van der Waals surface area contributed by atoms with Gasteiger partial charge in [0, 0.05) is 19.3 Å². The van der Waals surface area contributed by atoms with Gasteiger partial charge in [0.05, 0.1) is 6.10 Å². The van der Waals surface area contributed by atoms with Gasteiger partial charge in [0.25, 0.3) is 0 Å². The topological polar surface area (TPSA) is 83.8 Å². The van der Waals surface area contributed by atoms with Crippen LogP contribution in [0.15, 0.2) is 24.3 Å². The second-order valence-corrected chi connectivity index (χ2v) is 11.9. The molecule has 0 aliphatic heterocycles. The molecule has 240 valence electrons. The molecule has 2 N–H and O–H groups in total. The highest BCUT2D eigenvalue weighted by molar-refractivity contribution is 5.69. The number of aliphatic hydroxyl groups excluding tert-OH is 1. The molecular weight excluding hydrogens is 512 g/mol. The van der Waals surface area contributed by atoms with Gasteiger partial charge in [-0.05, 0) is 64.2 Å². The maximum Gasteiger partial charge on any atom is 0.306 e. The lowest BCUT2D eigenvalue weighted by atomic mass is 10.1. The van der Waals surface area contributed by atoms with Crippen molar-refractivity contribution >= 4 is 11.9 Å². The average Bonchev–Trinajstić information content (AvgIpc) is 2.95. The van der Waals surface area contributed by atoms with Crippen molar-refractivity contribution in [1.82, 2.24) is 0 Å². The third-order valence-electron chi connectivity index (χ3n) is 7.72. The first-order valence-corrected chi connectivity index (χ1v) is 17.4. The summed E-state index contributed by atoms with van der Waals surface area (Å²) in [6, 6.07) is 0. The largest absolute Gasteiger partial charge is 0.481 e. The van der Waals surface area contributed by atoms with E-state index < -0.39 is 5.97 Å². The summed E-state index contributed by atoms with van der Waals surface area (Å²) < 4.78 is 5.88. The Labute approximate surface area is 253 Å². The van der Waals surface area contributed by atoms with Gasteiger partial charge in [-0.15, -0.1) is 0 Å². The molecule has 0 spiro atoms. The number of unbranched alkanes of at least 4 members (excludes halogenated alkanes) is 16. The number of carboxylic acids is 1. The summed E-state index contributed by atoms with van der Waals surface area (Å²) in [6.45, 7) is 4.42. The molecule has 0 fully saturated rings. The Balaban J connectivity index is 3.96. The highest BCUT2D eigenvalue weighted by Crippen LogP contribution is 2.16. The van der Waals surface area contributed by atoms with Crippen LogP contribution in [0.4, 0.5) is 0 Å². The third kappa shape index (κ3) is 31.2. The highest BCUT2D eigenvalue weighted by atomic mass is 16.5. The van der Waals surface area contributed by atoms with Gasteiger partial charge in [-0.25, -0.2) is 0 Å². The van der Waals surface area contributed by atoms with Crippen molar-refractivity contribution in [2.24, 2.45) is 0 Å². The summed E-state index contributed by atoms with van der Waals surface area (Å²) in [6.07, 6.45) is 35.2. The van der Waals surface area contributed by atoms with E-state index in [0.717, 1.165) is 103 Å². The standard InChI is InChI=1S/C36H66O5/c1-3-5-7-21-27-33(37)28-22-17-13-9-12-16-20-26-32-36(40)41-34(29-23-8-6-4-2)30-24-18-14-10-11-15-19-25-31-35(38)39/h17-18,22,24,33-34,37H,3-16,19-21,23,25-32H2,1-2H3,(H,38,39)/b22-17-,24-18-/t33?,34-/m1/s1. The van der Waals surface area contributed by atoms with E-state index >= 15 is 0 Å². The fraction of sp³-hybridized carbons (Fsp3) is 0.833. The van der Waals surface area contributed by atoms with Crippen LogP contribution in [0.3, 0.4) is 0 Å². The smallest absolute Gasteiger partial charge is 0.306 e. The number of carbonyl (C=O) groups excluding carboxylic acids is 1. The predicted molar refractivity (Wildman–Crippen MR) is 173 cm³/mol. The molecule has 0 amide bonds. The lowest BCUT2D eigenvalue weighted by Gasteiger charge is -2.16. The molecule has 0 aliphatic rings. The molecule has 0 heterocycles. The summed E-state index contributed by atoms with van der Waals surface area (Å²) in [5.41, 5.74) is 0. The SMILES string of the molecule is CCCCCCC(O)C/C=C\CCCCCCCC(=O)O[C@@H](C/C=C\CCCCCCCC(=O)O)CCCCCC. The van der Waals surface area contributed by atoms with E-state index in [1.54, 1.807) is 0 Å². The van der Waals surface area contributed by atoms with E-state index in [2.05, 4.69) is 38.2 Å². The summed E-state index contributed by atoms with van der Waals surface area (Å²) in [5, 5.41) is 18.7. The van der Waals surface area contributed by atoms with Gasteiger partial charge < -0.3 is 14.9 Å². The van der Waals surface area contributed by atoms with Crippen molar-refractivity contribution in [1.29, 1.82) is 0 Å². The fourth-order valence-electron chi connectivity index (χ4n) is 5.06. The maximum atomic E-state index is 12.5. The zero-order chi connectivity index (χ0) is 30.2. The minimum absolute atomic E-state index is 0.00623. The molecule has 0 radical (unpaired) electrons. The molecule has 1 unspecified atom stereocenters. The van der Waals surface area contributed by atoms with Crippen LogP contribution in [-0.2, 0) is 14.3 Å². The van der Waals surface area contributed by atoms with Crippen LogP contribution >= 0.6 is 0 Å². The number of hydrogen-bond donors (Lipinski definition) is 2. The van der Waals surface area contributed by atoms with E-state index in [-0.39, 0.29) is 24.6 Å². The number of allylic oxidation sites excluding steroid dienone is 2. The number of carboxylic acid groups (broad SMARTS) is 1. The van der Waals surface area contributed by atoms with Crippen molar-refractivity contribution in [3.63, 3.8) is 0 Å². The van der Waals surface area contributed by atoms with Gasteiger partial charge in [-0.2, -0.15) is 0 Å². The molecule has 0 aromatic rings.